The van der Waals surface area contributed by atoms with Gasteiger partial charge in [-0.25, -0.2) is 9.37 Å². The van der Waals surface area contributed by atoms with E-state index in [1.807, 2.05) is 33.2 Å². The molecule has 0 N–H and O–H groups in total. The molecule has 0 bridgehead atoms. The molecule has 3 heteroatoms. The first-order chi connectivity index (χ1) is 7.70. The van der Waals surface area contributed by atoms with E-state index in [1.165, 1.54) is 0 Å². The zero-order chi connectivity index (χ0) is 12.1. The Hall–Kier alpha value is -1.38. The van der Waals surface area contributed by atoms with E-state index >= 15 is 0 Å². The summed E-state index contributed by atoms with van der Waals surface area (Å²) in [5.41, 5.74) is 2.29. The fourth-order valence-corrected chi connectivity index (χ4v) is 1.66. The molecule has 2 nitrogen and oxygen atoms in total. The van der Waals surface area contributed by atoms with Crippen LogP contribution in [0.2, 0.25) is 0 Å². The summed E-state index contributed by atoms with van der Waals surface area (Å²) >= 11 is 0. The van der Waals surface area contributed by atoms with Gasteiger partial charge in [-0.15, -0.1) is 0 Å². The van der Waals surface area contributed by atoms with Crippen molar-refractivity contribution in [1.82, 2.24) is 9.38 Å². The lowest BCUT2D eigenvalue weighted by atomic mass is 10.2. The molecule has 0 amide bonds. The smallest absolute Gasteiger partial charge is 0.173 e. The predicted molar refractivity (Wildman–Crippen MR) is 65.2 cm³/mol. The summed E-state index contributed by atoms with van der Waals surface area (Å²) in [6.45, 7) is 7.95. The van der Waals surface area contributed by atoms with Gasteiger partial charge in [0.15, 0.2) is 11.5 Å². The van der Waals surface area contributed by atoms with E-state index in [2.05, 4.69) is 11.9 Å². The van der Waals surface area contributed by atoms with Crippen LogP contribution in [0.15, 0.2) is 18.5 Å². The van der Waals surface area contributed by atoms with Crippen LogP contribution in [0.4, 0.5) is 4.39 Å². The van der Waals surface area contributed by atoms with Crippen LogP contribution in [0.1, 0.15) is 38.4 Å². The molecular formula is C13H19FN2. The van der Waals surface area contributed by atoms with Crippen molar-refractivity contribution in [2.45, 2.75) is 40.5 Å². The van der Waals surface area contributed by atoms with Gasteiger partial charge in [0.25, 0.3) is 0 Å². The van der Waals surface area contributed by atoms with Crippen LogP contribution in [0.25, 0.3) is 5.65 Å². The molecular weight excluding hydrogens is 203 g/mol. The number of hydrogen-bond donors (Lipinski definition) is 0. The van der Waals surface area contributed by atoms with Crippen molar-refractivity contribution in [1.29, 1.82) is 0 Å². The van der Waals surface area contributed by atoms with Crippen LogP contribution in [0, 0.1) is 12.7 Å². The van der Waals surface area contributed by atoms with Crippen molar-refractivity contribution in [2.24, 2.45) is 0 Å². The van der Waals surface area contributed by atoms with Crippen LogP contribution in [-0.4, -0.2) is 9.38 Å². The SMILES string of the molecule is CC.CCCc1cc(F)c2nc(C)cn2c1. The Morgan fingerprint density at radius 3 is 2.62 bits per heavy atom. The van der Waals surface area contributed by atoms with E-state index in [9.17, 15) is 4.39 Å². The normalized spacial score (nSPS) is 10.1. The van der Waals surface area contributed by atoms with E-state index < -0.39 is 0 Å². The predicted octanol–water partition coefficient (Wildman–Crippen LogP) is 3.76. The number of rotatable bonds is 2. The maximum absolute atomic E-state index is 13.5. The fourth-order valence-electron chi connectivity index (χ4n) is 1.66. The van der Waals surface area contributed by atoms with Crippen molar-refractivity contribution in [3.8, 4) is 0 Å². The molecule has 0 unspecified atom stereocenters. The number of aromatic nitrogens is 2. The summed E-state index contributed by atoms with van der Waals surface area (Å²) in [7, 11) is 0. The molecule has 0 aliphatic heterocycles. The first-order valence-electron chi connectivity index (χ1n) is 5.84. The average molecular weight is 222 g/mol. The minimum absolute atomic E-state index is 0.232. The van der Waals surface area contributed by atoms with Crippen molar-refractivity contribution in [3.63, 3.8) is 0 Å². The van der Waals surface area contributed by atoms with Crippen LogP contribution in [0.3, 0.4) is 0 Å². The van der Waals surface area contributed by atoms with Gasteiger partial charge in [-0.3, -0.25) is 0 Å². The minimum Gasteiger partial charge on any atom is -0.304 e. The molecule has 0 fully saturated rings. The molecule has 0 aliphatic carbocycles. The van der Waals surface area contributed by atoms with Gasteiger partial charge in [-0.1, -0.05) is 27.2 Å². The van der Waals surface area contributed by atoms with Gasteiger partial charge in [0, 0.05) is 12.4 Å². The molecule has 2 aromatic heterocycles. The molecule has 16 heavy (non-hydrogen) atoms. The van der Waals surface area contributed by atoms with Crippen molar-refractivity contribution < 1.29 is 4.39 Å². The van der Waals surface area contributed by atoms with Crippen LogP contribution in [-0.2, 0) is 6.42 Å². The average Bonchev–Trinajstić information content (AvgIpc) is 2.63. The second-order valence-corrected chi connectivity index (χ2v) is 3.56. The van der Waals surface area contributed by atoms with E-state index in [4.69, 9.17) is 0 Å². The van der Waals surface area contributed by atoms with Crippen molar-refractivity contribution in [2.75, 3.05) is 0 Å². The largest absolute Gasteiger partial charge is 0.304 e. The third-order valence-corrected chi connectivity index (χ3v) is 2.22. The van der Waals surface area contributed by atoms with Crippen LogP contribution in [0.5, 0.6) is 0 Å². The van der Waals surface area contributed by atoms with Gasteiger partial charge in [0.1, 0.15) is 0 Å². The second kappa shape index (κ2) is 5.64. The topological polar surface area (TPSA) is 17.3 Å². The number of aryl methyl sites for hydroxylation is 2. The maximum Gasteiger partial charge on any atom is 0.173 e. The monoisotopic (exact) mass is 222 g/mol. The summed E-state index contributed by atoms with van der Waals surface area (Å²) in [5, 5.41) is 0. The quantitative estimate of drug-likeness (QED) is 0.756. The Bertz CT molecular complexity index is 460. The van der Waals surface area contributed by atoms with Gasteiger partial charge >= 0.3 is 0 Å². The molecule has 2 rings (SSSR count). The highest BCUT2D eigenvalue weighted by Gasteiger charge is 2.05. The number of hydrogen-bond acceptors (Lipinski definition) is 1. The fraction of sp³-hybridized carbons (Fsp3) is 0.462. The van der Waals surface area contributed by atoms with E-state index in [-0.39, 0.29) is 5.82 Å². The molecule has 0 aromatic carbocycles. The molecule has 0 saturated carbocycles. The van der Waals surface area contributed by atoms with E-state index in [0.717, 1.165) is 24.1 Å². The Balaban J connectivity index is 0.000000606. The zero-order valence-corrected chi connectivity index (χ0v) is 10.4. The maximum atomic E-state index is 13.5. The molecule has 0 radical (unpaired) electrons. The van der Waals surface area contributed by atoms with Crippen molar-refractivity contribution in [3.05, 3.63) is 35.5 Å². The molecule has 2 heterocycles. The molecule has 0 atom stereocenters. The lowest BCUT2D eigenvalue weighted by Gasteiger charge is -2.01. The Labute approximate surface area is 96.1 Å². The molecule has 88 valence electrons. The summed E-state index contributed by atoms with van der Waals surface area (Å²) in [6.07, 6.45) is 5.72. The summed E-state index contributed by atoms with van der Waals surface area (Å²) in [6, 6.07) is 1.57. The van der Waals surface area contributed by atoms with E-state index in [0.29, 0.717) is 5.65 Å². The Morgan fingerprint density at radius 1 is 1.31 bits per heavy atom. The standard InChI is InChI=1S/C11H13FN2.C2H6/c1-3-4-9-5-10(12)11-13-8(2)6-14(11)7-9;1-2/h5-7H,3-4H2,1-2H3;1-2H3. The zero-order valence-electron chi connectivity index (χ0n) is 10.4. The molecule has 0 aliphatic rings. The lowest BCUT2D eigenvalue weighted by molar-refractivity contribution is 0.626. The van der Waals surface area contributed by atoms with E-state index in [1.54, 1.807) is 10.5 Å². The van der Waals surface area contributed by atoms with Crippen LogP contribution >= 0.6 is 0 Å². The van der Waals surface area contributed by atoms with Gasteiger partial charge in [0.05, 0.1) is 5.69 Å². The summed E-state index contributed by atoms with van der Waals surface area (Å²) in [5.74, 6) is -0.232. The molecule has 2 aromatic rings. The van der Waals surface area contributed by atoms with Gasteiger partial charge in [-0.2, -0.15) is 0 Å². The number of pyridine rings is 1. The highest BCUT2D eigenvalue weighted by Crippen LogP contribution is 2.13. The number of fused-ring (bicyclic) bond motifs is 1. The number of imidazole rings is 1. The van der Waals surface area contributed by atoms with Crippen molar-refractivity contribution >= 4 is 5.65 Å². The highest BCUT2D eigenvalue weighted by atomic mass is 19.1. The third-order valence-electron chi connectivity index (χ3n) is 2.22. The van der Waals surface area contributed by atoms with Crippen LogP contribution < -0.4 is 0 Å². The second-order valence-electron chi connectivity index (χ2n) is 3.56. The molecule has 0 saturated heterocycles. The minimum atomic E-state index is -0.232. The third kappa shape index (κ3) is 2.60. The first-order valence-corrected chi connectivity index (χ1v) is 5.84. The summed E-state index contributed by atoms with van der Waals surface area (Å²) in [4.78, 5) is 4.10. The number of halogens is 1. The lowest BCUT2D eigenvalue weighted by Crippen LogP contribution is -1.93. The van der Waals surface area contributed by atoms with Gasteiger partial charge in [-0.05, 0) is 25.0 Å². The Morgan fingerprint density at radius 2 is 2.00 bits per heavy atom. The highest BCUT2D eigenvalue weighted by molar-refractivity contribution is 5.43. The summed E-state index contributed by atoms with van der Waals surface area (Å²) < 4.78 is 15.3. The molecule has 0 spiro atoms. The van der Waals surface area contributed by atoms with Gasteiger partial charge in [0.2, 0.25) is 0 Å². The van der Waals surface area contributed by atoms with Gasteiger partial charge < -0.3 is 4.40 Å². The Kier molecular flexibility index (Phi) is 4.47. The number of nitrogens with zero attached hydrogens (tertiary/aromatic N) is 2. The first kappa shape index (κ1) is 12.7.